The van der Waals surface area contributed by atoms with Crippen LogP contribution >= 0.6 is 27.3 Å². The van der Waals surface area contributed by atoms with Gasteiger partial charge in [0.25, 0.3) is 5.69 Å². The van der Waals surface area contributed by atoms with Crippen molar-refractivity contribution in [2.45, 2.75) is 13.5 Å². The van der Waals surface area contributed by atoms with Crippen molar-refractivity contribution in [3.8, 4) is 5.75 Å². The number of anilines is 1. The fourth-order valence-corrected chi connectivity index (χ4v) is 2.67. The molecule has 0 aliphatic rings. The lowest BCUT2D eigenvalue weighted by atomic mass is 10.3. The van der Waals surface area contributed by atoms with Crippen molar-refractivity contribution in [3.05, 3.63) is 37.8 Å². The Morgan fingerprint density at radius 2 is 2.30 bits per heavy atom. The van der Waals surface area contributed by atoms with Crippen LogP contribution in [-0.4, -0.2) is 21.7 Å². The maximum absolute atomic E-state index is 10.8. The highest BCUT2D eigenvalue weighted by Crippen LogP contribution is 2.34. The smallest absolute Gasteiger partial charge is 0.287 e. The Kier molecular flexibility index (Phi) is 4.85. The maximum atomic E-state index is 10.8. The number of halogens is 1. The molecule has 1 heterocycles. The number of ether oxygens (including phenoxy) is 1. The second-order valence-corrected chi connectivity index (χ2v) is 5.52. The van der Waals surface area contributed by atoms with Gasteiger partial charge in [-0.1, -0.05) is 17.4 Å². The lowest BCUT2D eigenvalue weighted by Gasteiger charge is -2.05. The normalized spacial score (nSPS) is 10.3. The summed E-state index contributed by atoms with van der Waals surface area (Å²) in [7, 11) is 0. The Morgan fingerprint density at radius 1 is 1.50 bits per heavy atom. The molecule has 0 amide bonds. The van der Waals surface area contributed by atoms with Gasteiger partial charge in [0.15, 0.2) is 5.01 Å². The van der Waals surface area contributed by atoms with Gasteiger partial charge in [-0.25, -0.2) is 0 Å². The van der Waals surface area contributed by atoms with Crippen LogP contribution in [0.2, 0.25) is 0 Å². The minimum absolute atomic E-state index is 0.0342. The number of benzene rings is 1. The van der Waals surface area contributed by atoms with E-state index in [1.54, 1.807) is 12.1 Å². The monoisotopic (exact) mass is 358 g/mol. The molecule has 0 aliphatic heterocycles. The van der Waals surface area contributed by atoms with Gasteiger partial charge in [-0.2, -0.15) is 0 Å². The number of nitro groups is 1. The quantitative estimate of drug-likeness (QED) is 0.629. The van der Waals surface area contributed by atoms with Crippen molar-refractivity contribution < 1.29 is 9.66 Å². The molecule has 2 rings (SSSR count). The first-order valence-corrected chi connectivity index (χ1v) is 7.34. The zero-order valence-electron chi connectivity index (χ0n) is 10.5. The van der Waals surface area contributed by atoms with Crippen LogP contribution in [0, 0.1) is 10.1 Å². The summed E-state index contributed by atoms with van der Waals surface area (Å²) in [4.78, 5) is 10.3. The predicted molar refractivity (Wildman–Crippen MR) is 79.2 cm³/mol. The van der Waals surface area contributed by atoms with Gasteiger partial charge in [0.1, 0.15) is 16.8 Å². The Balaban J connectivity index is 2.06. The van der Waals surface area contributed by atoms with Crippen molar-refractivity contribution in [2.75, 3.05) is 11.9 Å². The van der Waals surface area contributed by atoms with Gasteiger partial charge in [0, 0.05) is 12.6 Å². The van der Waals surface area contributed by atoms with Crippen molar-refractivity contribution in [2.24, 2.45) is 0 Å². The van der Waals surface area contributed by atoms with E-state index in [0.29, 0.717) is 15.2 Å². The molecule has 0 radical (unpaired) electrons. The number of nitro benzene ring substituents is 1. The molecule has 7 nitrogen and oxygen atoms in total. The highest BCUT2D eigenvalue weighted by molar-refractivity contribution is 9.10. The van der Waals surface area contributed by atoms with E-state index in [2.05, 4.69) is 31.4 Å². The Morgan fingerprint density at radius 3 is 3.00 bits per heavy atom. The van der Waals surface area contributed by atoms with Crippen LogP contribution < -0.4 is 10.1 Å². The maximum Gasteiger partial charge on any atom is 0.287 e. The number of hydrogen-bond acceptors (Lipinski definition) is 7. The molecule has 0 saturated heterocycles. The first kappa shape index (κ1) is 14.7. The molecule has 0 bridgehead atoms. The van der Waals surface area contributed by atoms with Gasteiger partial charge in [0.2, 0.25) is 5.13 Å². The third-order valence-corrected chi connectivity index (χ3v) is 3.94. The lowest BCUT2D eigenvalue weighted by molar-refractivity contribution is -0.385. The number of hydrogen-bond donors (Lipinski definition) is 1. The molecular weight excluding hydrogens is 348 g/mol. The zero-order chi connectivity index (χ0) is 14.5. The molecule has 1 aromatic heterocycles. The molecule has 1 aromatic carbocycles. The van der Waals surface area contributed by atoms with Gasteiger partial charge in [-0.3, -0.25) is 10.1 Å². The van der Waals surface area contributed by atoms with Gasteiger partial charge >= 0.3 is 0 Å². The number of nitrogens with zero attached hydrogens (tertiary/aromatic N) is 3. The predicted octanol–water partition coefficient (Wildman–Crippen LogP) is 3.22. The highest BCUT2D eigenvalue weighted by atomic mass is 79.9. The average Bonchev–Trinajstić information content (AvgIpc) is 2.85. The van der Waals surface area contributed by atoms with E-state index >= 15 is 0 Å². The molecule has 1 N–H and O–H groups in total. The molecule has 0 spiro atoms. The first-order valence-electron chi connectivity index (χ1n) is 5.73. The summed E-state index contributed by atoms with van der Waals surface area (Å²) < 4.78 is 5.85. The molecule has 0 atom stereocenters. The van der Waals surface area contributed by atoms with Crippen molar-refractivity contribution in [3.63, 3.8) is 0 Å². The first-order chi connectivity index (χ1) is 9.61. The summed E-state index contributed by atoms with van der Waals surface area (Å²) in [6.07, 6.45) is 0. The molecule has 0 fully saturated rings. The van der Waals surface area contributed by atoms with Crippen LogP contribution in [0.5, 0.6) is 5.75 Å². The molecule has 0 aliphatic carbocycles. The highest BCUT2D eigenvalue weighted by Gasteiger charge is 2.16. The largest absolute Gasteiger partial charge is 0.485 e. The van der Waals surface area contributed by atoms with Crippen LogP contribution in [0.3, 0.4) is 0 Å². The third-order valence-electron chi connectivity index (χ3n) is 2.29. The van der Waals surface area contributed by atoms with Crippen LogP contribution in [0.15, 0.2) is 22.7 Å². The summed E-state index contributed by atoms with van der Waals surface area (Å²) in [6, 6.07) is 4.64. The van der Waals surface area contributed by atoms with Crippen LogP contribution in [-0.2, 0) is 6.61 Å². The zero-order valence-corrected chi connectivity index (χ0v) is 12.9. The minimum Gasteiger partial charge on any atom is -0.485 e. The van der Waals surface area contributed by atoms with Crippen LogP contribution in [0.1, 0.15) is 11.9 Å². The Hall–Kier alpha value is -1.74. The van der Waals surface area contributed by atoms with E-state index in [9.17, 15) is 10.1 Å². The topological polar surface area (TPSA) is 90.2 Å². The number of aromatic nitrogens is 2. The standard InChI is InChI=1S/C11H11BrN4O3S/c1-2-13-11-15-14-9(20-11)6-19-8-5-3-4-7(10(8)12)16(17)18/h3-5H,2,6H2,1H3,(H,13,15). The fraction of sp³-hybridized carbons (Fsp3) is 0.273. The number of nitrogens with one attached hydrogen (secondary N) is 1. The second kappa shape index (κ2) is 6.62. The van der Waals surface area contributed by atoms with E-state index in [1.807, 2.05) is 6.92 Å². The molecule has 106 valence electrons. The van der Waals surface area contributed by atoms with E-state index < -0.39 is 4.92 Å². The van der Waals surface area contributed by atoms with E-state index in [4.69, 9.17) is 4.74 Å². The summed E-state index contributed by atoms with van der Waals surface area (Å²) >= 11 is 4.56. The van der Waals surface area contributed by atoms with Crippen molar-refractivity contribution >= 4 is 38.1 Å². The molecular formula is C11H11BrN4O3S. The summed E-state index contributed by atoms with van der Waals surface area (Å²) in [5.74, 6) is 0.402. The van der Waals surface area contributed by atoms with Crippen LogP contribution in [0.25, 0.3) is 0 Å². The third kappa shape index (κ3) is 3.42. The Labute approximate surface area is 127 Å². The summed E-state index contributed by atoms with van der Waals surface area (Å²) in [5.41, 5.74) is -0.0342. The summed E-state index contributed by atoms with van der Waals surface area (Å²) in [5, 5.41) is 23.2. The van der Waals surface area contributed by atoms with Gasteiger partial charge < -0.3 is 10.1 Å². The van der Waals surface area contributed by atoms with Gasteiger partial charge in [-0.15, -0.1) is 10.2 Å². The molecule has 2 aromatic rings. The summed E-state index contributed by atoms with van der Waals surface area (Å²) in [6.45, 7) is 2.95. The van der Waals surface area contributed by atoms with Crippen molar-refractivity contribution in [1.29, 1.82) is 0 Å². The SMILES string of the molecule is CCNc1nnc(COc2cccc([N+](=O)[O-])c2Br)s1. The minimum atomic E-state index is -0.467. The molecule has 0 saturated carbocycles. The molecule has 0 unspecified atom stereocenters. The van der Waals surface area contributed by atoms with E-state index in [-0.39, 0.29) is 12.3 Å². The molecule has 20 heavy (non-hydrogen) atoms. The lowest BCUT2D eigenvalue weighted by Crippen LogP contribution is -1.97. The van der Waals surface area contributed by atoms with Gasteiger partial charge in [0.05, 0.1) is 4.92 Å². The Bertz CT molecular complexity index is 619. The fourth-order valence-electron chi connectivity index (χ4n) is 1.43. The van der Waals surface area contributed by atoms with E-state index in [0.717, 1.165) is 11.7 Å². The van der Waals surface area contributed by atoms with Crippen molar-refractivity contribution in [1.82, 2.24) is 10.2 Å². The number of rotatable bonds is 6. The second-order valence-electron chi connectivity index (χ2n) is 3.67. The van der Waals surface area contributed by atoms with Gasteiger partial charge in [-0.05, 0) is 28.9 Å². The van der Waals surface area contributed by atoms with Crippen LogP contribution in [0.4, 0.5) is 10.8 Å². The average molecular weight is 359 g/mol. The molecule has 9 heteroatoms. The van der Waals surface area contributed by atoms with E-state index in [1.165, 1.54) is 17.4 Å².